The summed E-state index contributed by atoms with van der Waals surface area (Å²) in [5.41, 5.74) is 0. The second-order valence-electron chi connectivity index (χ2n) is 6.84. The summed E-state index contributed by atoms with van der Waals surface area (Å²) in [5.74, 6) is 1.15. The number of aromatic nitrogens is 1. The molecule has 9 heteroatoms. The summed E-state index contributed by atoms with van der Waals surface area (Å²) in [4.78, 5) is 28.9. The molecule has 1 aromatic rings. The maximum absolute atomic E-state index is 12.4. The van der Waals surface area contributed by atoms with Crippen molar-refractivity contribution in [1.29, 1.82) is 0 Å². The lowest BCUT2D eigenvalue weighted by Crippen LogP contribution is -2.55. The smallest absolute Gasteiger partial charge is 0.236 e. The highest BCUT2D eigenvalue weighted by Crippen LogP contribution is 2.11. The Morgan fingerprint density at radius 1 is 1.22 bits per heavy atom. The zero-order valence-electron chi connectivity index (χ0n) is 16.3. The summed E-state index contributed by atoms with van der Waals surface area (Å²) >= 11 is 1.75. The molecular weight excluding hydrogens is 364 g/mol. The standard InChI is InChI=1S/C18H30N6O2S/c1-15-13-21-16(27-15)3-4-20-18(19-2)24-7-5-22(6-8-24)14-17(25)23-9-11-26-12-10-23/h13H,3-12,14H2,1-2H3,(H,19,20). The third-order valence-electron chi connectivity index (χ3n) is 4.90. The molecular formula is C18H30N6O2S. The van der Waals surface area contributed by atoms with Crippen LogP contribution in [0.15, 0.2) is 11.2 Å². The highest BCUT2D eigenvalue weighted by Gasteiger charge is 2.24. The molecule has 3 rings (SSSR count). The van der Waals surface area contributed by atoms with Crippen LogP contribution in [0.1, 0.15) is 9.88 Å². The molecule has 0 aromatic carbocycles. The van der Waals surface area contributed by atoms with Crippen LogP contribution >= 0.6 is 11.3 Å². The molecule has 2 aliphatic heterocycles. The molecule has 8 nitrogen and oxygen atoms in total. The minimum absolute atomic E-state index is 0.216. The maximum atomic E-state index is 12.4. The van der Waals surface area contributed by atoms with Gasteiger partial charge in [-0.2, -0.15) is 0 Å². The summed E-state index contributed by atoms with van der Waals surface area (Å²) < 4.78 is 5.32. The number of amides is 1. The van der Waals surface area contributed by atoms with Gasteiger partial charge in [0.25, 0.3) is 0 Å². The first-order valence-corrected chi connectivity index (χ1v) is 10.4. The van der Waals surface area contributed by atoms with Crippen molar-refractivity contribution in [3.8, 4) is 0 Å². The van der Waals surface area contributed by atoms with Crippen LogP contribution in [0.2, 0.25) is 0 Å². The van der Waals surface area contributed by atoms with Gasteiger partial charge in [-0.15, -0.1) is 11.3 Å². The van der Waals surface area contributed by atoms with E-state index in [0.717, 1.165) is 50.1 Å². The molecule has 27 heavy (non-hydrogen) atoms. The summed E-state index contributed by atoms with van der Waals surface area (Å²) in [7, 11) is 1.82. The van der Waals surface area contributed by atoms with Crippen molar-refractivity contribution < 1.29 is 9.53 Å². The van der Waals surface area contributed by atoms with Crippen molar-refractivity contribution >= 4 is 23.2 Å². The monoisotopic (exact) mass is 394 g/mol. The molecule has 0 saturated carbocycles. The van der Waals surface area contributed by atoms with E-state index < -0.39 is 0 Å². The number of carbonyl (C=O) groups is 1. The summed E-state index contributed by atoms with van der Waals surface area (Å²) in [6, 6.07) is 0. The van der Waals surface area contributed by atoms with E-state index in [-0.39, 0.29) is 5.91 Å². The number of guanidine groups is 1. The lowest BCUT2D eigenvalue weighted by Gasteiger charge is -2.37. The number of morpholine rings is 1. The Morgan fingerprint density at radius 2 is 1.96 bits per heavy atom. The van der Waals surface area contributed by atoms with E-state index >= 15 is 0 Å². The third kappa shape index (κ3) is 5.88. The van der Waals surface area contributed by atoms with E-state index in [0.29, 0.717) is 32.8 Å². The molecule has 0 unspecified atom stereocenters. The van der Waals surface area contributed by atoms with Crippen molar-refractivity contribution in [2.45, 2.75) is 13.3 Å². The number of piperazine rings is 1. The van der Waals surface area contributed by atoms with E-state index in [1.165, 1.54) is 4.88 Å². The molecule has 1 N–H and O–H groups in total. The van der Waals surface area contributed by atoms with Crippen LogP contribution in [0.4, 0.5) is 0 Å². The Bertz CT molecular complexity index is 636. The number of carbonyl (C=O) groups excluding carboxylic acids is 1. The first-order valence-electron chi connectivity index (χ1n) is 9.60. The largest absolute Gasteiger partial charge is 0.378 e. The number of nitrogens with zero attached hydrogens (tertiary/aromatic N) is 5. The van der Waals surface area contributed by atoms with Gasteiger partial charge in [0.2, 0.25) is 5.91 Å². The Hall–Kier alpha value is -1.71. The van der Waals surface area contributed by atoms with E-state index in [4.69, 9.17) is 4.74 Å². The van der Waals surface area contributed by atoms with Gasteiger partial charge >= 0.3 is 0 Å². The van der Waals surface area contributed by atoms with Gasteiger partial charge in [-0.05, 0) is 6.92 Å². The number of aliphatic imine (C=N–C) groups is 1. The first kappa shape index (κ1) is 20.0. The fourth-order valence-corrected chi connectivity index (χ4v) is 4.14. The van der Waals surface area contributed by atoms with Crippen LogP contribution in [0, 0.1) is 6.92 Å². The van der Waals surface area contributed by atoms with Crippen molar-refractivity contribution in [2.24, 2.45) is 4.99 Å². The molecule has 0 radical (unpaired) electrons. The zero-order chi connectivity index (χ0) is 19.1. The average Bonchev–Trinajstić information content (AvgIpc) is 3.12. The molecule has 0 spiro atoms. The van der Waals surface area contributed by atoms with Gasteiger partial charge < -0.3 is 19.9 Å². The van der Waals surface area contributed by atoms with E-state index in [2.05, 4.69) is 32.0 Å². The molecule has 0 aliphatic carbocycles. The fourth-order valence-electron chi connectivity index (χ4n) is 3.35. The fraction of sp³-hybridized carbons (Fsp3) is 0.722. The van der Waals surface area contributed by atoms with Crippen molar-refractivity contribution in [2.75, 3.05) is 72.6 Å². The second kappa shape index (κ2) is 10.0. The van der Waals surface area contributed by atoms with Gasteiger partial charge in [0.05, 0.1) is 24.8 Å². The Balaban J connectivity index is 1.38. The van der Waals surface area contributed by atoms with E-state index in [1.807, 2.05) is 18.1 Å². The van der Waals surface area contributed by atoms with Crippen molar-refractivity contribution in [1.82, 2.24) is 25.0 Å². The minimum Gasteiger partial charge on any atom is -0.378 e. The lowest BCUT2D eigenvalue weighted by atomic mass is 10.3. The highest BCUT2D eigenvalue weighted by molar-refractivity contribution is 7.11. The van der Waals surface area contributed by atoms with E-state index in [1.54, 1.807) is 11.3 Å². The predicted octanol–water partition coefficient (Wildman–Crippen LogP) is 0.0458. The van der Waals surface area contributed by atoms with Crippen molar-refractivity contribution in [3.05, 3.63) is 16.1 Å². The van der Waals surface area contributed by atoms with Gasteiger partial charge in [0.1, 0.15) is 0 Å². The topological polar surface area (TPSA) is 73.3 Å². The molecule has 2 fully saturated rings. The van der Waals surface area contributed by atoms with Gasteiger partial charge in [-0.3, -0.25) is 14.7 Å². The quantitative estimate of drug-likeness (QED) is 0.562. The third-order valence-corrected chi connectivity index (χ3v) is 5.87. The maximum Gasteiger partial charge on any atom is 0.236 e. The van der Waals surface area contributed by atoms with Crippen molar-refractivity contribution in [3.63, 3.8) is 0 Å². The van der Waals surface area contributed by atoms with Gasteiger partial charge in [-0.1, -0.05) is 0 Å². The van der Waals surface area contributed by atoms with Crippen LogP contribution < -0.4 is 5.32 Å². The minimum atomic E-state index is 0.216. The molecule has 1 amide bonds. The van der Waals surface area contributed by atoms with Crippen LogP contribution in [0.5, 0.6) is 0 Å². The Labute approximate surface area is 165 Å². The summed E-state index contributed by atoms with van der Waals surface area (Å²) in [6.45, 7) is 9.67. The van der Waals surface area contributed by atoms with Gasteiger partial charge in [0, 0.05) is 70.4 Å². The number of hydrogen-bond donors (Lipinski definition) is 1. The lowest BCUT2D eigenvalue weighted by molar-refractivity contribution is -0.136. The SMILES string of the molecule is CN=C(NCCc1ncc(C)s1)N1CCN(CC(=O)N2CCOCC2)CC1. The highest BCUT2D eigenvalue weighted by atomic mass is 32.1. The number of nitrogens with one attached hydrogen (secondary N) is 1. The average molecular weight is 395 g/mol. The number of aryl methyl sites for hydroxylation is 1. The number of ether oxygens (including phenoxy) is 1. The van der Waals surface area contributed by atoms with Crippen LogP contribution in [-0.4, -0.2) is 104 Å². The van der Waals surface area contributed by atoms with E-state index in [9.17, 15) is 4.79 Å². The second-order valence-corrected chi connectivity index (χ2v) is 8.16. The molecule has 0 bridgehead atoms. The van der Waals surface area contributed by atoms with Crippen LogP contribution in [0.3, 0.4) is 0 Å². The normalized spacial score (nSPS) is 19.4. The molecule has 0 atom stereocenters. The predicted molar refractivity (Wildman–Crippen MR) is 107 cm³/mol. The molecule has 2 saturated heterocycles. The van der Waals surface area contributed by atoms with Gasteiger partial charge in [-0.25, -0.2) is 4.98 Å². The number of hydrogen-bond acceptors (Lipinski definition) is 6. The summed E-state index contributed by atoms with van der Waals surface area (Å²) in [5, 5.41) is 4.59. The molecule has 2 aliphatic rings. The van der Waals surface area contributed by atoms with Crippen LogP contribution in [-0.2, 0) is 16.0 Å². The molecule has 150 valence electrons. The molecule has 3 heterocycles. The first-order chi connectivity index (χ1) is 13.2. The Kier molecular flexibility index (Phi) is 7.42. The number of thiazole rings is 1. The van der Waals surface area contributed by atoms with Gasteiger partial charge in [0.15, 0.2) is 5.96 Å². The van der Waals surface area contributed by atoms with Crippen LogP contribution in [0.25, 0.3) is 0 Å². The number of rotatable bonds is 5. The zero-order valence-corrected chi connectivity index (χ0v) is 17.1. The summed E-state index contributed by atoms with van der Waals surface area (Å²) in [6.07, 6.45) is 2.83. The molecule has 1 aromatic heterocycles. The Morgan fingerprint density at radius 3 is 2.59 bits per heavy atom.